The molecule has 0 spiro atoms. The minimum atomic E-state index is 0. The molecule has 2 rings (SSSR count). The van der Waals surface area contributed by atoms with E-state index in [0.29, 0.717) is 24.0 Å². The summed E-state index contributed by atoms with van der Waals surface area (Å²) in [5, 5.41) is 3.09. The molecule has 25 heavy (non-hydrogen) atoms. The molecule has 0 radical (unpaired) electrons. The van der Waals surface area contributed by atoms with Gasteiger partial charge in [-0.25, -0.2) is 4.99 Å². The number of ether oxygens (including phenoxy) is 2. The summed E-state index contributed by atoms with van der Waals surface area (Å²) in [6.45, 7) is 2.56. The van der Waals surface area contributed by atoms with Crippen LogP contribution in [0.1, 0.15) is 18.1 Å². The summed E-state index contributed by atoms with van der Waals surface area (Å²) >= 11 is 3.47. The van der Waals surface area contributed by atoms with E-state index in [1.807, 2.05) is 24.3 Å². The Hall–Kier alpha value is -1.48. The molecule has 0 aromatic heterocycles. The third-order valence-corrected chi connectivity index (χ3v) is 4.15. The highest BCUT2D eigenvalue weighted by Gasteiger charge is 2.10. The van der Waals surface area contributed by atoms with Crippen molar-refractivity contribution in [2.45, 2.75) is 19.9 Å². The van der Waals surface area contributed by atoms with E-state index in [-0.39, 0.29) is 24.0 Å². The van der Waals surface area contributed by atoms with Crippen LogP contribution in [0.15, 0.2) is 45.9 Å². The largest absolute Gasteiger partial charge is 0.493 e. The third-order valence-electron chi connectivity index (χ3n) is 3.56. The molecule has 2 aromatic rings. The monoisotopic (exact) mass is 519 g/mol. The summed E-state index contributed by atoms with van der Waals surface area (Å²) in [6.07, 6.45) is 1.01. The molecular formula is C18H23BrIN3O2. The summed E-state index contributed by atoms with van der Waals surface area (Å²) in [6, 6.07) is 12.0. The maximum absolute atomic E-state index is 5.96. The number of nitrogens with two attached hydrogens (primary N) is 1. The molecule has 2 aromatic carbocycles. The second-order valence-corrected chi connectivity index (χ2v) is 6.04. The summed E-state index contributed by atoms with van der Waals surface area (Å²) in [5.41, 5.74) is 9.13. The predicted molar refractivity (Wildman–Crippen MR) is 117 cm³/mol. The molecule has 0 bridgehead atoms. The average molecular weight is 520 g/mol. The predicted octanol–water partition coefficient (Wildman–Crippen LogP) is 4.57. The molecule has 0 amide bonds. The minimum absolute atomic E-state index is 0. The number of halogens is 2. The number of anilines is 1. The number of aryl methyl sites for hydroxylation is 1. The van der Waals surface area contributed by atoms with Gasteiger partial charge < -0.3 is 20.5 Å². The van der Waals surface area contributed by atoms with Crippen molar-refractivity contribution >= 4 is 51.6 Å². The number of aliphatic imine (C=N–C) groups is 1. The van der Waals surface area contributed by atoms with Gasteiger partial charge >= 0.3 is 0 Å². The van der Waals surface area contributed by atoms with Crippen molar-refractivity contribution in [2.24, 2.45) is 10.7 Å². The first-order valence-corrected chi connectivity index (χ1v) is 8.43. The van der Waals surface area contributed by atoms with Crippen molar-refractivity contribution < 1.29 is 9.47 Å². The number of benzene rings is 2. The SMILES string of the molecule is CCc1ccc(NC(N)=NCc2cc(Br)c(OC)c(OC)c2)cc1.I. The van der Waals surface area contributed by atoms with E-state index in [2.05, 4.69) is 45.3 Å². The van der Waals surface area contributed by atoms with Crippen LogP contribution in [0.4, 0.5) is 5.69 Å². The number of nitrogens with zero attached hydrogens (tertiary/aromatic N) is 1. The van der Waals surface area contributed by atoms with Crippen LogP contribution in [0.25, 0.3) is 0 Å². The standard InChI is InChI=1S/C18H22BrN3O2.HI/c1-4-12-5-7-14(8-6-12)22-18(20)21-11-13-9-15(19)17(24-3)16(10-13)23-2;/h5-10H,4,11H2,1-3H3,(H3,20,21,22);1H. The van der Waals surface area contributed by atoms with Gasteiger partial charge in [-0.1, -0.05) is 19.1 Å². The van der Waals surface area contributed by atoms with Gasteiger partial charge in [0, 0.05) is 5.69 Å². The fraction of sp³-hybridized carbons (Fsp3) is 0.278. The Kier molecular flexibility index (Phi) is 9.05. The normalized spacial score (nSPS) is 10.8. The Morgan fingerprint density at radius 3 is 2.36 bits per heavy atom. The van der Waals surface area contributed by atoms with Crippen molar-refractivity contribution in [1.29, 1.82) is 0 Å². The first-order chi connectivity index (χ1) is 11.6. The number of hydrogen-bond donors (Lipinski definition) is 2. The van der Waals surface area contributed by atoms with Crippen molar-refractivity contribution in [3.8, 4) is 11.5 Å². The molecule has 0 atom stereocenters. The Bertz CT molecular complexity index is 721. The van der Waals surface area contributed by atoms with E-state index < -0.39 is 0 Å². The Labute approximate surface area is 174 Å². The van der Waals surface area contributed by atoms with Crippen molar-refractivity contribution in [3.05, 3.63) is 52.0 Å². The highest BCUT2D eigenvalue weighted by molar-refractivity contribution is 14.0. The molecule has 0 heterocycles. The van der Waals surface area contributed by atoms with Crippen molar-refractivity contribution in [1.82, 2.24) is 0 Å². The maximum atomic E-state index is 5.96. The highest BCUT2D eigenvalue weighted by atomic mass is 127. The van der Waals surface area contributed by atoms with Crippen LogP contribution in [-0.4, -0.2) is 20.2 Å². The highest BCUT2D eigenvalue weighted by Crippen LogP contribution is 2.36. The molecular weight excluding hydrogens is 497 g/mol. The van der Waals surface area contributed by atoms with E-state index in [9.17, 15) is 0 Å². The van der Waals surface area contributed by atoms with Crippen LogP contribution in [0.2, 0.25) is 0 Å². The zero-order valence-electron chi connectivity index (χ0n) is 14.5. The van der Waals surface area contributed by atoms with Gasteiger partial charge in [-0.3, -0.25) is 0 Å². The number of methoxy groups -OCH3 is 2. The Balaban J connectivity index is 0.00000312. The topological polar surface area (TPSA) is 68.9 Å². The molecule has 0 aliphatic rings. The summed E-state index contributed by atoms with van der Waals surface area (Å²) in [7, 11) is 3.21. The van der Waals surface area contributed by atoms with Crippen molar-refractivity contribution in [2.75, 3.05) is 19.5 Å². The van der Waals surface area contributed by atoms with Gasteiger partial charge in [-0.2, -0.15) is 0 Å². The molecule has 0 aliphatic heterocycles. The average Bonchev–Trinajstić information content (AvgIpc) is 2.60. The lowest BCUT2D eigenvalue weighted by atomic mass is 10.1. The van der Waals surface area contributed by atoms with E-state index in [0.717, 1.165) is 22.1 Å². The fourth-order valence-electron chi connectivity index (χ4n) is 2.25. The minimum Gasteiger partial charge on any atom is -0.493 e. The molecule has 136 valence electrons. The van der Waals surface area contributed by atoms with Gasteiger partial charge in [0.15, 0.2) is 17.5 Å². The van der Waals surface area contributed by atoms with Gasteiger partial charge in [0.2, 0.25) is 0 Å². The Morgan fingerprint density at radius 1 is 1.12 bits per heavy atom. The smallest absolute Gasteiger partial charge is 0.193 e. The van der Waals surface area contributed by atoms with Crippen LogP contribution in [0, 0.1) is 0 Å². The molecule has 7 heteroatoms. The number of hydrogen-bond acceptors (Lipinski definition) is 3. The first-order valence-electron chi connectivity index (χ1n) is 7.63. The lowest BCUT2D eigenvalue weighted by Crippen LogP contribution is -2.22. The van der Waals surface area contributed by atoms with Crippen LogP contribution in [-0.2, 0) is 13.0 Å². The molecule has 0 fully saturated rings. The van der Waals surface area contributed by atoms with E-state index in [4.69, 9.17) is 15.2 Å². The van der Waals surface area contributed by atoms with Gasteiger partial charge in [0.05, 0.1) is 25.2 Å². The van der Waals surface area contributed by atoms with E-state index in [1.54, 1.807) is 14.2 Å². The van der Waals surface area contributed by atoms with Gasteiger partial charge in [-0.05, 0) is 57.7 Å². The van der Waals surface area contributed by atoms with Gasteiger partial charge in [0.1, 0.15) is 0 Å². The van der Waals surface area contributed by atoms with Crippen LogP contribution in [0.3, 0.4) is 0 Å². The summed E-state index contributed by atoms with van der Waals surface area (Å²) in [5.74, 6) is 1.68. The Morgan fingerprint density at radius 2 is 1.80 bits per heavy atom. The quantitative estimate of drug-likeness (QED) is 0.333. The fourth-order valence-corrected chi connectivity index (χ4v) is 2.90. The number of guanidine groups is 1. The van der Waals surface area contributed by atoms with Gasteiger partial charge in [0.25, 0.3) is 0 Å². The van der Waals surface area contributed by atoms with Crippen molar-refractivity contribution in [3.63, 3.8) is 0 Å². The molecule has 0 saturated heterocycles. The number of rotatable bonds is 6. The van der Waals surface area contributed by atoms with E-state index in [1.165, 1.54) is 5.56 Å². The zero-order chi connectivity index (χ0) is 17.5. The molecule has 0 saturated carbocycles. The molecule has 0 unspecified atom stereocenters. The second-order valence-electron chi connectivity index (χ2n) is 5.19. The van der Waals surface area contributed by atoms with Crippen LogP contribution < -0.4 is 20.5 Å². The zero-order valence-corrected chi connectivity index (χ0v) is 18.4. The third kappa shape index (κ3) is 6.07. The molecule has 3 N–H and O–H groups in total. The van der Waals surface area contributed by atoms with Crippen LogP contribution in [0.5, 0.6) is 11.5 Å². The van der Waals surface area contributed by atoms with Gasteiger partial charge in [-0.15, -0.1) is 24.0 Å². The molecule has 0 aliphatic carbocycles. The van der Waals surface area contributed by atoms with E-state index >= 15 is 0 Å². The lowest BCUT2D eigenvalue weighted by molar-refractivity contribution is 0.352. The summed E-state index contributed by atoms with van der Waals surface area (Å²) in [4.78, 5) is 4.37. The number of nitrogens with one attached hydrogen (secondary N) is 1. The second kappa shape index (κ2) is 10.5. The maximum Gasteiger partial charge on any atom is 0.193 e. The first kappa shape index (κ1) is 21.6. The molecule has 5 nitrogen and oxygen atoms in total. The van der Waals surface area contributed by atoms with Crippen LogP contribution >= 0.6 is 39.9 Å². The lowest BCUT2D eigenvalue weighted by Gasteiger charge is -2.11. The summed E-state index contributed by atoms with van der Waals surface area (Å²) < 4.78 is 11.4.